The van der Waals surface area contributed by atoms with Crippen molar-refractivity contribution in [3.63, 3.8) is 0 Å². The maximum atomic E-state index is 13.1. The molecule has 7 nitrogen and oxygen atoms in total. The van der Waals surface area contributed by atoms with Gasteiger partial charge >= 0.3 is 5.97 Å². The van der Waals surface area contributed by atoms with Gasteiger partial charge in [-0.05, 0) is 54.6 Å². The zero-order valence-electron chi connectivity index (χ0n) is 17.7. The Hall–Kier alpha value is -1.54. The Morgan fingerprint density at radius 3 is 2.71 bits per heavy atom. The molecule has 0 amide bonds. The Labute approximate surface area is 186 Å². The van der Waals surface area contributed by atoms with Gasteiger partial charge in [-0.1, -0.05) is 26.0 Å². The van der Waals surface area contributed by atoms with E-state index in [2.05, 4.69) is 11.2 Å². The third-order valence-corrected chi connectivity index (χ3v) is 8.94. The summed E-state index contributed by atoms with van der Waals surface area (Å²) in [6.07, 6.45) is 4.47. The van der Waals surface area contributed by atoms with Crippen molar-refractivity contribution in [2.24, 2.45) is 28.6 Å². The minimum Gasteiger partial charge on any atom is -0.393 e. The first-order chi connectivity index (χ1) is 14.5. The van der Waals surface area contributed by atoms with Gasteiger partial charge in [0, 0.05) is 17.8 Å². The minimum absolute atomic E-state index is 0.0733. The standard InChI is InChI=1S/C23H29ClO7/c1-21-7-5-13(25)9-12(21)3-4-14-15-6-8-23(30,20(29)16(26)10-18(28)31-24)22(15,2)11-17(27)19(14)21/h3-4,9,14-17,19,26-27,30H,5-8,10-11H2,1-2H3/t14-,15-,16?,17-,19+,21-,22-,23-/m0/s1. The van der Waals surface area contributed by atoms with Gasteiger partial charge in [-0.25, -0.2) is 0 Å². The van der Waals surface area contributed by atoms with E-state index in [-0.39, 0.29) is 41.8 Å². The van der Waals surface area contributed by atoms with Crippen LogP contribution in [0.3, 0.4) is 0 Å². The molecule has 2 fully saturated rings. The predicted molar refractivity (Wildman–Crippen MR) is 111 cm³/mol. The fourth-order valence-electron chi connectivity index (χ4n) is 7.10. The van der Waals surface area contributed by atoms with Gasteiger partial charge in [0.15, 0.2) is 11.6 Å². The number of halogens is 1. The average molecular weight is 453 g/mol. The highest BCUT2D eigenvalue weighted by molar-refractivity contribution is 6.13. The summed E-state index contributed by atoms with van der Waals surface area (Å²) >= 11 is 5.01. The normalized spacial score (nSPS) is 44.6. The van der Waals surface area contributed by atoms with Crippen LogP contribution in [-0.2, 0) is 18.7 Å². The molecule has 0 aliphatic heterocycles. The zero-order chi connectivity index (χ0) is 22.8. The van der Waals surface area contributed by atoms with E-state index in [0.717, 1.165) is 5.57 Å². The van der Waals surface area contributed by atoms with E-state index in [1.165, 1.54) is 0 Å². The lowest BCUT2D eigenvalue weighted by Crippen LogP contribution is -2.62. The molecule has 0 aromatic carbocycles. The number of Topliss-reactive ketones (excluding diaryl/α,β-unsaturated/α-hetero) is 1. The summed E-state index contributed by atoms with van der Waals surface area (Å²) in [6.45, 7) is 3.88. The van der Waals surface area contributed by atoms with Crippen LogP contribution >= 0.6 is 11.9 Å². The van der Waals surface area contributed by atoms with Crippen molar-refractivity contribution in [2.45, 2.75) is 70.2 Å². The molecule has 0 bridgehead atoms. The molecular weight excluding hydrogens is 424 g/mol. The second-order valence-corrected chi connectivity index (χ2v) is 10.3. The van der Waals surface area contributed by atoms with Crippen LogP contribution in [0, 0.1) is 28.6 Å². The topological polar surface area (TPSA) is 121 Å². The quantitative estimate of drug-likeness (QED) is 0.596. The van der Waals surface area contributed by atoms with E-state index >= 15 is 0 Å². The van der Waals surface area contributed by atoms with Gasteiger partial charge in [-0.3, -0.25) is 14.4 Å². The zero-order valence-corrected chi connectivity index (χ0v) is 18.5. The van der Waals surface area contributed by atoms with Gasteiger partial charge in [-0.15, -0.1) is 0 Å². The van der Waals surface area contributed by atoms with Gasteiger partial charge in [0.1, 0.15) is 23.6 Å². The average Bonchev–Trinajstić information content (AvgIpc) is 2.98. The number of aliphatic hydroxyl groups excluding tert-OH is 2. The number of carbonyl (C=O) groups is 3. The highest BCUT2D eigenvalue weighted by Gasteiger charge is 2.68. The van der Waals surface area contributed by atoms with Gasteiger partial charge in [-0.2, -0.15) is 0 Å². The highest BCUT2D eigenvalue weighted by Crippen LogP contribution is 2.66. The van der Waals surface area contributed by atoms with Gasteiger partial charge in [0.25, 0.3) is 0 Å². The SMILES string of the molecule is C[C@]12CCC(=O)C=C1C=C[C@@H]1[C@@H]2[C@@H](O)C[C@@]2(C)[C@H]1CC[C@]2(O)C(=O)C(O)CC(=O)OCl. The number of carbonyl (C=O) groups excluding carboxylic acids is 3. The van der Waals surface area contributed by atoms with Crippen molar-refractivity contribution in [1.82, 2.24) is 0 Å². The molecule has 4 rings (SSSR count). The monoisotopic (exact) mass is 452 g/mol. The van der Waals surface area contributed by atoms with Crippen molar-refractivity contribution in [1.29, 1.82) is 0 Å². The number of aliphatic hydroxyl groups is 3. The van der Waals surface area contributed by atoms with Gasteiger partial charge < -0.3 is 19.6 Å². The first kappa shape index (κ1) is 22.6. The molecule has 0 saturated heterocycles. The lowest BCUT2D eigenvalue weighted by atomic mass is 9.47. The van der Waals surface area contributed by atoms with Crippen molar-refractivity contribution in [3.05, 3.63) is 23.8 Å². The number of hydrogen-bond acceptors (Lipinski definition) is 7. The molecule has 170 valence electrons. The summed E-state index contributed by atoms with van der Waals surface area (Å²) in [6, 6.07) is 0. The summed E-state index contributed by atoms with van der Waals surface area (Å²) in [7, 11) is 0. The highest BCUT2D eigenvalue weighted by atomic mass is 35.5. The van der Waals surface area contributed by atoms with Crippen LogP contribution in [-0.4, -0.2) is 50.7 Å². The fourth-order valence-corrected chi connectivity index (χ4v) is 7.16. The van der Waals surface area contributed by atoms with Crippen LogP contribution in [0.1, 0.15) is 52.4 Å². The van der Waals surface area contributed by atoms with Crippen LogP contribution in [0.15, 0.2) is 23.8 Å². The Morgan fingerprint density at radius 2 is 2.03 bits per heavy atom. The van der Waals surface area contributed by atoms with Crippen molar-refractivity contribution in [2.75, 3.05) is 0 Å². The number of rotatable bonds is 4. The maximum Gasteiger partial charge on any atom is 0.327 e. The van der Waals surface area contributed by atoms with Crippen molar-refractivity contribution >= 4 is 29.4 Å². The van der Waals surface area contributed by atoms with Crippen LogP contribution in [0.5, 0.6) is 0 Å². The minimum atomic E-state index is -1.87. The number of hydrogen-bond donors (Lipinski definition) is 3. The molecule has 2 saturated carbocycles. The molecule has 3 N–H and O–H groups in total. The third kappa shape index (κ3) is 3.16. The molecule has 0 spiro atoms. The molecule has 4 aliphatic rings. The first-order valence-electron chi connectivity index (χ1n) is 10.9. The summed E-state index contributed by atoms with van der Waals surface area (Å²) in [5.41, 5.74) is -2.25. The van der Waals surface area contributed by atoms with E-state index in [1.807, 2.05) is 12.2 Å². The Morgan fingerprint density at radius 1 is 1.32 bits per heavy atom. The Bertz CT molecular complexity index is 881. The molecule has 4 aliphatic carbocycles. The van der Waals surface area contributed by atoms with E-state index in [0.29, 0.717) is 19.3 Å². The van der Waals surface area contributed by atoms with Crippen LogP contribution in [0.4, 0.5) is 0 Å². The van der Waals surface area contributed by atoms with Crippen molar-refractivity contribution in [3.8, 4) is 0 Å². The van der Waals surface area contributed by atoms with Gasteiger partial charge in [0.2, 0.25) is 0 Å². The molecular formula is C23H29ClO7. The Balaban J connectivity index is 1.68. The molecule has 1 unspecified atom stereocenters. The molecule has 0 heterocycles. The van der Waals surface area contributed by atoms with E-state index in [1.54, 1.807) is 13.0 Å². The molecule has 0 aromatic rings. The molecule has 8 atom stereocenters. The predicted octanol–water partition coefficient (Wildman–Crippen LogP) is 2.01. The molecule has 0 aromatic heterocycles. The van der Waals surface area contributed by atoms with Crippen LogP contribution in [0.2, 0.25) is 0 Å². The second kappa shape index (κ2) is 7.51. The molecule has 8 heteroatoms. The largest absolute Gasteiger partial charge is 0.393 e. The summed E-state index contributed by atoms with van der Waals surface area (Å²) in [5, 5.41) is 33.1. The van der Waals surface area contributed by atoms with Crippen LogP contribution < -0.4 is 0 Å². The summed E-state index contributed by atoms with van der Waals surface area (Å²) in [4.78, 5) is 36.4. The summed E-state index contributed by atoms with van der Waals surface area (Å²) < 4.78 is 4.02. The lowest BCUT2D eigenvalue weighted by Gasteiger charge is -2.58. The van der Waals surface area contributed by atoms with E-state index < -0.39 is 41.4 Å². The molecule has 0 radical (unpaired) electrons. The van der Waals surface area contributed by atoms with E-state index in [9.17, 15) is 29.7 Å². The first-order valence-corrected chi connectivity index (χ1v) is 11.2. The lowest BCUT2D eigenvalue weighted by molar-refractivity contribution is -0.180. The summed E-state index contributed by atoms with van der Waals surface area (Å²) in [5.74, 6) is -1.98. The number of ketones is 2. The number of allylic oxidation sites excluding steroid dienone is 4. The third-order valence-electron chi connectivity index (χ3n) is 8.76. The van der Waals surface area contributed by atoms with Crippen LogP contribution in [0.25, 0.3) is 0 Å². The smallest absolute Gasteiger partial charge is 0.327 e. The fraction of sp³-hybridized carbons (Fsp3) is 0.696. The van der Waals surface area contributed by atoms with Gasteiger partial charge in [0.05, 0.1) is 12.5 Å². The molecule has 31 heavy (non-hydrogen) atoms. The Kier molecular flexibility index (Phi) is 5.49. The van der Waals surface area contributed by atoms with E-state index in [4.69, 9.17) is 11.9 Å². The second-order valence-electron chi connectivity index (χ2n) is 10.2. The maximum absolute atomic E-state index is 13.1. The van der Waals surface area contributed by atoms with Crippen molar-refractivity contribution < 1.29 is 34.0 Å². The number of fused-ring (bicyclic) bond motifs is 5.